The van der Waals surface area contributed by atoms with Crippen LogP contribution in [0.25, 0.3) is 0 Å². The summed E-state index contributed by atoms with van der Waals surface area (Å²) in [4.78, 5) is 12.1. The first kappa shape index (κ1) is 21.0. The molecule has 0 saturated carbocycles. The molecule has 0 heterocycles. The summed E-state index contributed by atoms with van der Waals surface area (Å²) >= 11 is 5.60. The van der Waals surface area contributed by atoms with Crippen molar-refractivity contribution in [2.24, 2.45) is 0 Å². The van der Waals surface area contributed by atoms with E-state index in [0.717, 1.165) is 30.5 Å². The predicted octanol–water partition coefficient (Wildman–Crippen LogP) is 3.90. The number of rotatable bonds is 5. The highest BCUT2D eigenvalue weighted by molar-refractivity contribution is 7.92. The van der Waals surface area contributed by atoms with Crippen molar-refractivity contribution >= 4 is 38.9 Å². The Labute approximate surface area is 157 Å². The fourth-order valence-electron chi connectivity index (χ4n) is 2.12. The first-order valence-corrected chi connectivity index (χ1v) is 9.50. The Morgan fingerprint density at radius 2 is 1.74 bits per heavy atom. The van der Waals surface area contributed by atoms with Crippen molar-refractivity contribution in [1.82, 2.24) is 0 Å². The van der Waals surface area contributed by atoms with Crippen molar-refractivity contribution in [3.8, 4) is 0 Å². The molecule has 2 rings (SSSR count). The van der Waals surface area contributed by atoms with Crippen LogP contribution in [0.2, 0.25) is 5.02 Å². The van der Waals surface area contributed by atoms with Crippen LogP contribution in [-0.2, 0) is 21.0 Å². The van der Waals surface area contributed by atoms with E-state index in [-0.39, 0.29) is 16.4 Å². The summed E-state index contributed by atoms with van der Waals surface area (Å²) in [5, 5.41) is 2.10. The highest BCUT2D eigenvalue weighted by Crippen LogP contribution is 2.31. The highest BCUT2D eigenvalue weighted by Gasteiger charge is 2.30. The van der Waals surface area contributed by atoms with E-state index in [4.69, 9.17) is 11.6 Å². The van der Waals surface area contributed by atoms with Gasteiger partial charge in [-0.25, -0.2) is 12.8 Å². The zero-order valence-electron chi connectivity index (χ0n) is 13.7. The van der Waals surface area contributed by atoms with Gasteiger partial charge in [-0.05, 0) is 42.5 Å². The third-order valence-electron chi connectivity index (χ3n) is 3.37. The van der Waals surface area contributed by atoms with E-state index in [2.05, 4.69) is 5.32 Å². The second kappa shape index (κ2) is 7.73. The van der Waals surface area contributed by atoms with Crippen LogP contribution >= 0.6 is 11.6 Å². The Hall–Kier alpha value is -2.33. The summed E-state index contributed by atoms with van der Waals surface area (Å²) in [6.07, 6.45) is -3.76. The van der Waals surface area contributed by atoms with Gasteiger partial charge in [0.05, 0.1) is 22.5 Å². The molecular weight excluding hydrogens is 412 g/mol. The summed E-state index contributed by atoms with van der Waals surface area (Å²) in [6.45, 7) is -0.695. The van der Waals surface area contributed by atoms with Gasteiger partial charge in [0, 0.05) is 5.69 Å². The summed E-state index contributed by atoms with van der Waals surface area (Å²) in [5.74, 6) is -1.49. The van der Waals surface area contributed by atoms with Gasteiger partial charge in [-0.2, -0.15) is 13.2 Å². The molecule has 1 amide bonds. The monoisotopic (exact) mass is 424 g/mol. The molecule has 0 aliphatic carbocycles. The van der Waals surface area contributed by atoms with E-state index in [0.29, 0.717) is 16.4 Å². The fourth-order valence-corrected chi connectivity index (χ4v) is 3.16. The van der Waals surface area contributed by atoms with E-state index in [1.54, 1.807) is 0 Å². The summed E-state index contributed by atoms with van der Waals surface area (Å²) in [7, 11) is -3.96. The van der Waals surface area contributed by atoms with E-state index in [1.165, 1.54) is 6.07 Å². The van der Waals surface area contributed by atoms with Crippen molar-refractivity contribution < 1.29 is 30.8 Å². The summed E-state index contributed by atoms with van der Waals surface area (Å²) in [5.41, 5.74) is -0.935. The average molecular weight is 425 g/mol. The molecular formula is C16H13ClF4N2O3S. The molecule has 2 aromatic carbocycles. The predicted molar refractivity (Wildman–Crippen MR) is 93.7 cm³/mol. The van der Waals surface area contributed by atoms with Crippen LogP contribution in [0.1, 0.15) is 5.56 Å². The molecule has 1 N–H and O–H groups in total. The largest absolute Gasteiger partial charge is 0.416 e. The average Bonchev–Trinajstić information content (AvgIpc) is 2.54. The number of alkyl halides is 3. The number of hydrogen-bond acceptors (Lipinski definition) is 3. The second-order valence-electron chi connectivity index (χ2n) is 5.49. The van der Waals surface area contributed by atoms with Gasteiger partial charge in [-0.1, -0.05) is 11.6 Å². The van der Waals surface area contributed by atoms with Crippen LogP contribution in [0.4, 0.5) is 28.9 Å². The molecule has 0 unspecified atom stereocenters. The van der Waals surface area contributed by atoms with Crippen molar-refractivity contribution in [3.63, 3.8) is 0 Å². The van der Waals surface area contributed by atoms with Gasteiger partial charge in [-0.3, -0.25) is 9.10 Å². The van der Waals surface area contributed by atoms with Crippen LogP contribution in [0, 0.1) is 5.82 Å². The number of sulfonamides is 1. The smallest absolute Gasteiger partial charge is 0.324 e. The van der Waals surface area contributed by atoms with E-state index in [9.17, 15) is 30.8 Å². The minimum atomic E-state index is -4.58. The van der Waals surface area contributed by atoms with E-state index in [1.807, 2.05) is 0 Å². The third kappa shape index (κ3) is 5.57. The summed E-state index contributed by atoms with van der Waals surface area (Å²) in [6, 6.07) is 6.70. The van der Waals surface area contributed by atoms with Crippen LogP contribution in [0.5, 0.6) is 0 Å². The Kier molecular flexibility index (Phi) is 6.01. The first-order chi connectivity index (χ1) is 12.4. The van der Waals surface area contributed by atoms with Crippen LogP contribution in [0.3, 0.4) is 0 Å². The molecule has 27 heavy (non-hydrogen) atoms. The standard InChI is InChI=1S/C16H13ClF4N2O3S/c1-27(25,26)23(12-5-2-10(3-6-12)16(19,20)21)9-15(24)22-11-4-7-14(18)13(17)8-11/h2-8H,9H2,1H3,(H,22,24). The third-order valence-corrected chi connectivity index (χ3v) is 4.80. The first-order valence-electron chi connectivity index (χ1n) is 7.28. The lowest BCUT2D eigenvalue weighted by atomic mass is 10.2. The summed E-state index contributed by atoms with van der Waals surface area (Å²) < 4.78 is 75.6. The number of halogens is 5. The number of benzene rings is 2. The number of anilines is 2. The molecule has 0 bridgehead atoms. The maximum absolute atomic E-state index is 13.1. The lowest BCUT2D eigenvalue weighted by Gasteiger charge is -2.22. The second-order valence-corrected chi connectivity index (χ2v) is 7.81. The van der Waals surface area contributed by atoms with Crippen molar-refractivity contribution in [3.05, 3.63) is 58.9 Å². The zero-order chi connectivity index (χ0) is 20.4. The molecule has 0 atom stereocenters. The number of nitrogens with one attached hydrogen (secondary N) is 1. The lowest BCUT2D eigenvalue weighted by Crippen LogP contribution is -2.37. The number of amides is 1. The van der Waals surface area contributed by atoms with Crippen LogP contribution < -0.4 is 9.62 Å². The normalized spacial score (nSPS) is 11.9. The molecule has 0 aromatic heterocycles. The maximum Gasteiger partial charge on any atom is 0.416 e. The quantitative estimate of drug-likeness (QED) is 0.740. The molecule has 11 heteroatoms. The molecule has 0 radical (unpaired) electrons. The number of carbonyl (C=O) groups is 1. The SMILES string of the molecule is CS(=O)(=O)N(CC(=O)Nc1ccc(F)c(Cl)c1)c1ccc(C(F)(F)F)cc1. The van der Waals surface area contributed by atoms with Crippen LogP contribution in [-0.4, -0.2) is 27.1 Å². The fraction of sp³-hybridized carbons (Fsp3) is 0.188. The molecule has 0 fully saturated rings. The molecule has 2 aromatic rings. The van der Waals surface area contributed by atoms with Gasteiger partial charge >= 0.3 is 6.18 Å². The van der Waals surface area contributed by atoms with Crippen molar-refractivity contribution in [2.75, 3.05) is 22.4 Å². The van der Waals surface area contributed by atoms with Gasteiger partial charge in [0.15, 0.2) is 0 Å². The topological polar surface area (TPSA) is 66.5 Å². The Bertz CT molecular complexity index is 947. The van der Waals surface area contributed by atoms with Gasteiger partial charge in [-0.15, -0.1) is 0 Å². The Morgan fingerprint density at radius 1 is 1.15 bits per heavy atom. The highest BCUT2D eigenvalue weighted by atomic mass is 35.5. The minimum Gasteiger partial charge on any atom is -0.324 e. The number of nitrogens with zero attached hydrogens (tertiary/aromatic N) is 1. The maximum atomic E-state index is 13.1. The lowest BCUT2D eigenvalue weighted by molar-refractivity contribution is -0.137. The van der Waals surface area contributed by atoms with Crippen molar-refractivity contribution in [1.29, 1.82) is 0 Å². The van der Waals surface area contributed by atoms with Gasteiger partial charge in [0.2, 0.25) is 15.9 Å². The van der Waals surface area contributed by atoms with E-state index >= 15 is 0 Å². The molecule has 146 valence electrons. The Morgan fingerprint density at radius 3 is 2.22 bits per heavy atom. The van der Waals surface area contributed by atoms with Gasteiger partial charge in [0.25, 0.3) is 0 Å². The number of carbonyl (C=O) groups excluding carboxylic acids is 1. The molecule has 0 aliphatic heterocycles. The van der Waals surface area contributed by atoms with Gasteiger partial charge < -0.3 is 5.32 Å². The van der Waals surface area contributed by atoms with Gasteiger partial charge in [0.1, 0.15) is 12.4 Å². The van der Waals surface area contributed by atoms with Crippen LogP contribution in [0.15, 0.2) is 42.5 Å². The Balaban J connectivity index is 2.22. The number of hydrogen-bond donors (Lipinski definition) is 1. The molecule has 5 nitrogen and oxygen atoms in total. The molecule has 0 spiro atoms. The molecule has 0 saturated heterocycles. The molecule has 0 aliphatic rings. The zero-order valence-corrected chi connectivity index (χ0v) is 15.3. The minimum absolute atomic E-state index is 0.113. The van der Waals surface area contributed by atoms with Crippen molar-refractivity contribution in [2.45, 2.75) is 6.18 Å². The van der Waals surface area contributed by atoms with E-state index < -0.39 is 40.0 Å².